The molecule has 7 aromatic carbocycles. The Kier molecular flexibility index (Phi) is 5.81. The number of aromatic nitrogens is 1. The molecule has 0 radical (unpaired) electrons. The normalized spacial score (nSPS) is 11.8. The van der Waals surface area contributed by atoms with Crippen LogP contribution in [0.3, 0.4) is 0 Å². The van der Waals surface area contributed by atoms with Gasteiger partial charge in [-0.15, -0.1) is 0 Å². The van der Waals surface area contributed by atoms with Crippen LogP contribution in [0.1, 0.15) is 0 Å². The molecule has 0 atom stereocenters. The molecule has 0 fully saturated rings. The zero-order valence-corrected chi connectivity index (χ0v) is 25.6. The Morgan fingerprint density at radius 2 is 1.00 bits per heavy atom. The average molecular weight is 619 g/mol. The summed E-state index contributed by atoms with van der Waals surface area (Å²) in [7, 11) is 0. The highest BCUT2D eigenvalue weighted by Gasteiger charge is 2.20. The van der Waals surface area contributed by atoms with Gasteiger partial charge in [0.05, 0.1) is 5.39 Å². The maximum Gasteiger partial charge on any atom is 0.227 e. The first-order valence-corrected chi connectivity index (χ1v) is 15.9. The number of hydrogen-bond acceptors (Lipinski definition) is 5. The highest BCUT2D eigenvalue weighted by atomic mass is 16.4. The van der Waals surface area contributed by atoms with Crippen molar-refractivity contribution in [3.63, 3.8) is 0 Å². The minimum atomic E-state index is 0.586. The lowest BCUT2D eigenvalue weighted by Crippen LogP contribution is -2.09. The lowest BCUT2D eigenvalue weighted by atomic mass is 10.0. The lowest BCUT2D eigenvalue weighted by molar-refractivity contribution is 0.622. The van der Waals surface area contributed by atoms with E-state index in [0.717, 1.165) is 77.6 Å². The SMILES string of the molecule is c1ccc(-c2ccc(N(c3ccc4c(c3)oc3ccccc34)c3ccc4oc5ccc6nc(-c7ccccc7)oc6c5c4c3)cc2)cc1. The summed E-state index contributed by atoms with van der Waals surface area (Å²) in [5.74, 6) is 0.586. The van der Waals surface area contributed by atoms with Gasteiger partial charge in [0.15, 0.2) is 5.58 Å². The van der Waals surface area contributed by atoms with Crippen LogP contribution in [0.2, 0.25) is 0 Å². The fourth-order valence-electron chi connectivity index (χ4n) is 6.81. The molecule has 3 heterocycles. The third-order valence-corrected chi connectivity index (χ3v) is 9.10. The highest BCUT2D eigenvalue weighted by molar-refractivity contribution is 6.17. The topological polar surface area (TPSA) is 55.6 Å². The number of hydrogen-bond donors (Lipinski definition) is 0. The van der Waals surface area contributed by atoms with Crippen molar-refractivity contribution in [2.24, 2.45) is 0 Å². The molecule has 0 amide bonds. The van der Waals surface area contributed by atoms with Crippen molar-refractivity contribution >= 4 is 72.0 Å². The van der Waals surface area contributed by atoms with E-state index in [1.807, 2.05) is 72.8 Å². The Labute approximate surface area is 274 Å². The average Bonchev–Trinajstić information content (AvgIpc) is 3.85. The van der Waals surface area contributed by atoms with Crippen LogP contribution >= 0.6 is 0 Å². The predicted molar refractivity (Wildman–Crippen MR) is 194 cm³/mol. The van der Waals surface area contributed by atoms with Crippen molar-refractivity contribution < 1.29 is 13.3 Å². The van der Waals surface area contributed by atoms with E-state index in [4.69, 9.17) is 18.2 Å². The van der Waals surface area contributed by atoms with E-state index in [1.165, 1.54) is 5.56 Å². The van der Waals surface area contributed by atoms with Crippen molar-refractivity contribution in [1.29, 1.82) is 0 Å². The second-order valence-electron chi connectivity index (χ2n) is 12.0. The summed E-state index contributed by atoms with van der Waals surface area (Å²) < 4.78 is 19.1. The smallest absolute Gasteiger partial charge is 0.227 e. The second kappa shape index (κ2) is 10.5. The number of benzene rings is 7. The molecular formula is C43H26N2O3. The molecule has 0 aliphatic carbocycles. The molecule has 48 heavy (non-hydrogen) atoms. The first-order chi connectivity index (χ1) is 23.8. The number of anilines is 3. The monoisotopic (exact) mass is 618 g/mol. The van der Waals surface area contributed by atoms with Crippen molar-refractivity contribution in [2.75, 3.05) is 4.90 Å². The van der Waals surface area contributed by atoms with E-state index in [2.05, 4.69) is 89.8 Å². The molecule has 5 heteroatoms. The first-order valence-electron chi connectivity index (χ1n) is 15.9. The fraction of sp³-hybridized carbons (Fsp3) is 0. The third-order valence-electron chi connectivity index (χ3n) is 9.10. The second-order valence-corrected chi connectivity index (χ2v) is 12.0. The molecule has 10 aromatic rings. The molecule has 226 valence electrons. The van der Waals surface area contributed by atoms with Gasteiger partial charge in [0.25, 0.3) is 0 Å². The number of rotatable bonds is 5. The van der Waals surface area contributed by atoms with Gasteiger partial charge in [-0.3, -0.25) is 0 Å². The Morgan fingerprint density at radius 1 is 0.396 bits per heavy atom. The maximum atomic E-state index is 6.44. The number of para-hydroxylation sites is 1. The highest BCUT2D eigenvalue weighted by Crippen LogP contribution is 2.43. The first kappa shape index (κ1) is 26.6. The van der Waals surface area contributed by atoms with Crippen molar-refractivity contribution in [3.8, 4) is 22.6 Å². The van der Waals surface area contributed by atoms with Gasteiger partial charge in [0.2, 0.25) is 5.89 Å². The standard InChI is InChI=1S/C43H26N2O3/c1-3-9-27(10-4-1)28-15-17-30(18-16-28)45(32-19-21-34-33-13-7-8-14-37(33)47-40(34)26-32)31-20-23-38-35(25-31)41-39(46-38)24-22-36-42(41)48-43(44-36)29-11-5-2-6-12-29/h1-26H. The van der Waals surface area contributed by atoms with Gasteiger partial charge < -0.3 is 18.2 Å². The van der Waals surface area contributed by atoms with Crippen LogP contribution in [0.25, 0.3) is 77.6 Å². The van der Waals surface area contributed by atoms with Gasteiger partial charge >= 0.3 is 0 Å². The summed E-state index contributed by atoms with van der Waals surface area (Å²) >= 11 is 0. The van der Waals surface area contributed by atoms with E-state index in [9.17, 15) is 0 Å². The minimum absolute atomic E-state index is 0.586. The van der Waals surface area contributed by atoms with Crippen LogP contribution in [-0.4, -0.2) is 4.98 Å². The van der Waals surface area contributed by atoms with Crippen molar-refractivity contribution in [2.45, 2.75) is 0 Å². The van der Waals surface area contributed by atoms with Crippen LogP contribution in [0.4, 0.5) is 17.1 Å². The van der Waals surface area contributed by atoms with Crippen LogP contribution in [0, 0.1) is 0 Å². The van der Waals surface area contributed by atoms with Gasteiger partial charge in [-0.2, -0.15) is 0 Å². The van der Waals surface area contributed by atoms with Crippen molar-refractivity contribution in [3.05, 3.63) is 158 Å². The summed E-state index contributed by atoms with van der Waals surface area (Å²) in [4.78, 5) is 7.08. The molecule has 0 spiro atoms. The van der Waals surface area contributed by atoms with E-state index >= 15 is 0 Å². The lowest BCUT2D eigenvalue weighted by Gasteiger charge is -2.25. The van der Waals surface area contributed by atoms with Gasteiger partial charge in [-0.25, -0.2) is 4.98 Å². The van der Waals surface area contributed by atoms with Gasteiger partial charge in [-0.05, 0) is 83.9 Å². The molecule has 0 N–H and O–H groups in total. The number of fused-ring (bicyclic) bond motifs is 8. The van der Waals surface area contributed by atoms with Gasteiger partial charge in [-0.1, -0.05) is 78.9 Å². The molecule has 0 unspecified atom stereocenters. The zero-order chi connectivity index (χ0) is 31.6. The largest absolute Gasteiger partial charge is 0.456 e. The Balaban J connectivity index is 1.17. The summed E-state index contributed by atoms with van der Waals surface area (Å²) in [5, 5.41) is 4.06. The third kappa shape index (κ3) is 4.22. The molecule has 0 bridgehead atoms. The molecule has 0 aliphatic rings. The molecule has 10 rings (SSSR count). The summed E-state index contributed by atoms with van der Waals surface area (Å²) in [6.45, 7) is 0. The molecule has 0 aliphatic heterocycles. The van der Waals surface area contributed by atoms with Crippen LogP contribution in [-0.2, 0) is 0 Å². The van der Waals surface area contributed by atoms with E-state index in [0.29, 0.717) is 11.5 Å². The van der Waals surface area contributed by atoms with Gasteiger partial charge in [0.1, 0.15) is 27.8 Å². The summed E-state index contributed by atoms with van der Waals surface area (Å²) in [5.41, 5.74) is 11.0. The minimum Gasteiger partial charge on any atom is -0.456 e. The van der Waals surface area contributed by atoms with Crippen LogP contribution < -0.4 is 4.90 Å². The number of furan rings is 2. The number of oxazole rings is 1. The Bertz CT molecular complexity index is 2770. The van der Waals surface area contributed by atoms with E-state index < -0.39 is 0 Å². The Hall–Kier alpha value is -6.59. The zero-order valence-electron chi connectivity index (χ0n) is 25.6. The van der Waals surface area contributed by atoms with Crippen LogP contribution in [0.5, 0.6) is 0 Å². The molecular weight excluding hydrogens is 592 g/mol. The Morgan fingerprint density at radius 3 is 1.83 bits per heavy atom. The van der Waals surface area contributed by atoms with E-state index in [-0.39, 0.29) is 0 Å². The summed E-state index contributed by atoms with van der Waals surface area (Å²) in [6.07, 6.45) is 0. The molecule has 5 nitrogen and oxygen atoms in total. The fourth-order valence-corrected chi connectivity index (χ4v) is 6.81. The predicted octanol–water partition coefficient (Wildman–Crippen LogP) is 12.4. The van der Waals surface area contributed by atoms with Gasteiger partial charge in [0, 0.05) is 44.9 Å². The quantitative estimate of drug-likeness (QED) is 0.192. The van der Waals surface area contributed by atoms with Crippen LogP contribution in [0.15, 0.2) is 171 Å². The number of nitrogens with zero attached hydrogens (tertiary/aromatic N) is 2. The summed E-state index contributed by atoms with van der Waals surface area (Å²) in [6, 6.07) is 54.0. The maximum absolute atomic E-state index is 6.44. The molecule has 3 aromatic heterocycles. The van der Waals surface area contributed by atoms with Crippen molar-refractivity contribution in [1.82, 2.24) is 4.98 Å². The molecule has 0 saturated carbocycles. The molecule has 0 saturated heterocycles. The van der Waals surface area contributed by atoms with E-state index in [1.54, 1.807) is 0 Å².